The fourth-order valence-corrected chi connectivity index (χ4v) is 2.85. The summed E-state index contributed by atoms with van der Waals surface area (Å²) in [6.45, 7) is 7.75. The minimum absolute atomic E-state index is 0.0885. The van der Waals surface area contributed by atoms with Crippen LogP contribution >= 0.6 is 0 Å². The molecule has 2 atom stereocenters. The second-order valence-corrected chi connectivity index (χ2v) is 5.67. The second-order valence-electron chi connectivity index (χ2n) is 5.67. The first kappa shape index (κ1) is 14.0. The standard InChI is InChI=1S/C17H21N3O/c1-12-9-17(19-14(3)18-12)20-10-13(2)21-16(11-20)15-7-5-4-6-8-15/h4-9,13,16H,10-11H2,1-3H3. The number of hydrogen-bond donors (Lipinski definition) is 0. The molecule has 1 aliphatic heterocycles. The monoisotopic (exact) mass is 283 g/mol. The molecule has 0 amide bonds. The van der Waals surface area contributed by atoms with Gasteiger partial charge in [-0.05, 0) is 26.3 Å². The minimum atomic E-state index is 0.0885. The Morgan fingerprint density at radius 3 is 2.57 bits per heavy atom. The van der Waals surface area contributed by atoms with Crippen LogP contribution in [0.5, 0.6) is 0 Å². The maximum Gasteiger partial charge on any atom is 0.132 e. The van der Waals surface area contributed by atoms with Gasteiger partial charge in [-0.2, -0.15) is 0 Å². The van der Waals surface area contributed by atoms with Gasteiger partial charge in [0.15, 0.2) is 0 Å². The highest BCUT2D eigenvalue weighted by molar-refractivity contribution is 5.41. The maximum atomic E-state index is 6.10. The number of nitrogens with zero attached hydrogens (tertiary/aromatic N) is 3. The predicted octanol–water partition coefficient (Wildman–Crippen LogP) is 3.06. The van der Waals surface area contributed by atoms with Crippen molar-refractivity contribution in [1.29, 1.82) is 0 Å². The zero-order chi connectivity index (χ0) is 14.8. The van der Waals surface area contributed by atoms with Gasteiger partial charge in [-0.1, -0.05) is 30.3 Å². The third-order valence-electron chi connectivity index (χ3n) is 3.71. The van der Waals surface area contributed by atoms with Crippen molar-refractivity contribution in [2.24, 2.45) is 0 Å². The van der Waals surface area contributed by atoms with Crippen LogP contribution < -0.4 is 4.90 Å². The van der Waals surface area contributed by atoms with Gasteiger partial charge < -0.3 is 9.64 Å². The Balaban J connectivity index is 1.86. The molecule has 1 aromatic heterocycles. The van der Waals surface area contributed by atoms with E-state index in [2.05, 4.69) is 46.1 Å². The summed E-state index contributed by atoms with van der Waals surface area (Å²) in [7, 11) is 0. The zero-order valence-electron chi connectivity index (χ0n) is 12.8. The molecule has 1 aliphatic rings. The maximum absolute atomic E-state index is 6.10. The fraction of sp³-hybridized carbons (Fsp3) is 0.412. The summed E-state index contributed by atoms with van der Waals surface area (Å²) in [5, 5.41) is 0. The Morgan fingerprint density at radius 2 is 1.86 bits per heavy atom. The lowest BCUT2D eigenvalue weighted by Crippen LogP contribution is -2.43. The molecule has 0 spiro atoms. The minimum Gasteiger partial charge on any atom is -0.367 e. The van der Waals surface area contributed by atoms with E-state index in [1.165, 1.54) is 5.56 Å². The molecule has 0 radical (unpaired) electrons. The van der Waals surface area contributed by atoms with E-state index in [0.717, 1.165) is 30.4 Å². The van der Waals surface area contributed by atoms with Gasteiger partial charge in [0, 0.05) is 24.8 Å². The zero-order valence-corrected chi connectivity index (χ0v) is 12.8. The van der Waals surface area contributed by atoms with Crippen LogP contribution in [0.4, 0.5) is 5.82 Å². The van der Waals surface area contributed by atoms with Crippen molar-refractivity contribution in [2.45, 2.75) is 33.0 Å². The first-order chi connectivity index (χ1) is 10.1. The molecule has 2 aromatic rings. The summed E-state index contributed by atoms with van der Waals surface area (Å²) in [5.74, 6) is 1.82. The molecule has 21 heavy (non-hydrogen) atoms. The molecule has 4 nitrogen and oxygen atoms in total. The van der Waals surface area contributed by atoms with Crippen molar-refractivity contribution in [2.75, 3.05) is 18.0 Å². The summed E-state index contributed by atoms with van der Waals surface area (Å²) >= 11 is 0. The van der Waals surface area contributed by atoms with Crippen molar-refractivity contribution in [1.82, 2.24) is 9.97 Å². The van der Waals surface area contributed by atoms with Crippen LogP contribution in [-0.2, 0) is 4.74 Å². The number of ether oxygens (including phenoxy) is 1. The quantitative estimate of drug-likeness (QED) is 0.849. The SMILES string of the molecule is Cc1cc(N2CC(C)OC(c3ccccc3)C2)nc(C)n1. The Bertz CT molecular complexity index is 594. The van der Waals surface area contributed by atoms with E-state index in [-0.39, 0.29) is 12.2 Å². The molecule has 2 heterocycles. The molecule has 2 unspecified atom stereocenters. The molecule has 1 saturated heterocycles. The van der Waals surface area contributed by atoms with Gasteiger partial charge in [0.1, 0.15) is 17.7 Å². The van der Waals surface area contributed by atoms with Crippen molar-refractivity contribution in [3.63, 3.8) is 0 Å². The second kappa shape index (κ2) is 5.82. The van der Waals surface area contributed by atoms with Crippen LogP contribution in [0.15, 0.2) is 36.4 Å². The summed E-state index contributed by atoms with van der Waals surface area (Å²) in [5.41, 5.74) is 2.23. The van der Waals surface area contributed by atoms with Crippen LogP contribution in [0.3, 0.4) is 0 Å². The van der Waals surface area contributed by atoms with Gasteiger partial charge in [-0.25, -0.2) is 9.97 Å². The van der Waals surface area contributed by atoms with Gasteiger partial charge in [-0.3, -0.25) is 0 Å². The molecule has 1 aromatic carbocycles. The van der Waals surface area contributed by atoms with Crippen LogP contribution in [0.1, 0.15) is 30.1 Å². The number of rotatable bonds is 2. The first-order valence-electron chi connectivity index (χ1n) is 7.39. The lowest BCUT2D eigenvalue weighted by atomic mass is 10.1. The Hall–Kier alpha value is -1.94. The number of aryl methyl sites for hydroxylation is 2. The first-order valence-corrected chi connectivity index (χ1v) is 7.39. The molecule has 0 N–H and O–H groups in total. The van der Waals surface area contributed by atoms with Gasteiger partial charge in [-0.15, -0.1) is 0 Å². The van der Waals surface area contributed by atoms with E-state index in [9.17, 15) is 0 Å². The molecule has 1 fully saturated rings. The lowest BCUT2D eigenvalue weighted by molar-refractivity contribution is -0.0176. The van der Waals surface area contributed by atoms with Crippen molar-refractivity contribution >= 4 is 5.82 Å². The average molecular weight is 283 g/mol. The van der Waals surface area contributed by atoms with Crippen molar-refractivity contribution in [3.05, 3.63) is 53.5 Å². The summed E-state index contributed by atoms with van der Waals surface area (Å²) in [6.07, 6.45) is 0.269. The van der Waals surface area contributed by atoms with E-state index in [0.29, 0.717) is 0 Å². The number of morpholine rings is 1. The molecule has 3 rings (SSSR count). The van der Waals surface area contributed by atoms with Crippen LogP contribution in [-0.4, -0.2) is 29.2 Å². The fourth-order valence-electron chi connectivity index (χ4n) is 2.85. The third kappa shape index (κ3) is 3.22. The highest BCUT2D eigenvalue weighted by Crippen LogP contribution is 2.27. The number of hydrogen-bond acceptors (Lipinski definition) is 4. The summed E-state index contributed by atoms with van der Waals surface area (Å²) < 4.78 is 6.10. The van der Waals surface area contributed by atoms with Gasteiger partial charge >= 0.3 is 0 Å². The van der Waals surface area contributed by atoms with Gasteiger partial charge in [0.25, 0.3) is 0 Å². The number of anilines is 1. The van der Waals surface area contributed by atoms with E-state index in [1.54, 1.807) is 0 Å². The van der Waals surface area contributed by atoms with Gasteiger partial charge in [0.2, 0.25) is 0 Å². The summed E-state index contributed by atoms with van der Waals surface area (Å²) in [6, 6.07) is 12.4. The largest absolute Gasteiger partial charge is 0.367 e. The Kier molecular flexibility index (Phi) is 3.88. The molecule has 0 bridgehead atoms. The lowest BCUT2D eigenvalue weighted by Gasteiger charge is -2.37. The van der Waals surface area contributed by atoms with Crippen molar-refractivity contribution < 1.29 is 4.74 Å². The van der Waals surface area contributed by atoms with Crippen LogP contribution in [0.25, 0.3) is 0 Å². The third-order valence-corrected chi connectivity index (χ3v) is 3.71. The smallest absolute Gasteiger partial charge is 0.132 e. The van der Waals surface area contributed by atoms with Crippen LogP contribution in [0.2, 0.25) is 0 Å². The highest BCUT2D eigenvalue weighted by Gasteiger charge is 2.27. The molecule has 4 heteroatoms. The van der Waals surface area contributed by atoms with Crippen molar-refractivity contribution in [3.8, 4) is 0 Å². The predicted molar refractivity (Wildman–Crippen MR) is 83.4 cm³/mol. The number of benzene rings is 1. The van der Waals surface area contributed by atoms with E-state index >= 15 is 0 Å². The molecule has 110 valence electrons. The average Bonchev–Trinajstić information content (AvgIpc) is 2.46. The number of aromatic nitrogens is 2. The molecular weight excluding hydrogens is 262 g/mol. The Morgan fingerprint density at radius 1 is 1.10 bits per heavy atom. The van der Waals surface area contributed by atoms with E-state index < -0.39 is 0 Å². The molecular formula is C17H21N3O. The summed E-state index contributed by atoms with van der Waals surface area (Å²) in [4.78, 5) is 11.2. The molecule has 0 saturated carbocycles. The van der Waals surface area contributed by atoms with Crippen LogP contribution in [0, 0.1) is 13.8 Å². The Labute approximate surface area is 125 Å². The van der Waals surface area contributed by atoms with E-state index in [1.807, 2.05) is 26.0 Å². The normalized spacial score (nSPS) is 22.3. The topological polar surface area (TPSA) is 38.2 Å². The molecule has 0 aliphatic carbocycles. The van der Waals surface area contributed by atoms with E-state index in [4.69, 9.17) is 4.74 Å². The highest BCUT2D eigenvalue weighted by atomic mass is 16.5. The van der Waals surface area contributed by atoms with Gasteiger partial charge in [0.05, 0.1) is 6.10 Å².